The molecule has 3 unspecified atom stereocenters. The second kappa shape index (κ2) is 12.2. The Hall–Kier alpha value is -1.88. The maximum Gasteiger partial charge on any atom is 0.310 e. The number of rotatable bonds is 6. The quantitative estimate of drug-likeness (QED) is 0.248. The summed E-state index contributed by atoms with van der Waals surface area (Å²) in [6, 6.07) is 7.70. The van der Waals surface area contributed by atoms with Gasteiger partial charge in [-0.25, -0.2) is 4.99 Å². The van der Waals surface area contributed by atoms with Gasteiger partial charge in [0.05, 0.1) is 19.6 Å². The van der Waals surface area contributed by atoms with E-state index in [1.165, 1.54) is 7.11 Å². The molecule has 2 N–H and O–H groups in total. The highest BCUT2D eigenvalue weighted by Crippen LogP contribution is 2.24. The first-order chi connectivity index (χ1) is 14.5. The van der Waals surface area contributed by atoms with Crippen molar-refractivity contribution in [2.45, 2.75) is 39.3 Å². The number of benzene rings is 1. The number of nitrogens with one attached hydrogen (secondary N) is 2. The normalized spacial score (nSPS) is 23.3. The van der Waals surface area contributed by atoms with Crippen molar-refractivity contribution in [2.24, 2.45) is 16.8 Å². The number of carbonyl (C=O) groups excluding carboxylic acids is 2. The van der Waals surface area contributed by atoms with E-state index in [1.807, 2.05) is 31.2 Å². The zero-order valence-corrected chi connectivity index (χ0v) is 20.8. The summed E-state index contributed by atoms with van der Waals surface area (Å²) in [5.41, 5.74) is 1.74. The van der Waals surface area contributed by atoms with Gasteiger partial charge in [0.15, 0.2) is 5.96 Å². The molecule has 2 aliphatic heterocycles. The average molecular weight is 544 g/mol. The second-order valence-electron chi connectivity index (χ2n) is 7.87. The Labute approximate surface area is 201 Å². The topological polar surface area (TPSA) is 92.3 Å². The molecule has 172 valence electrons. The van der Waals surface area contributed by atoms with Crippen molar-refractivity contribution in [3.8, 4) is 0 Å². The third-order valence-corrected chi connectivity index (χ3v) is 5.58. The lowest BCUT2D eigenvalue weighted by Crippen LogP contribution is -2.40. The molecular weight excluding hydrogens is 511 g/mol. The number of carbonyl (C=O) groups is 2. The van der Waals surface area contributed by atoms with E-state index in [-0.39, 0.29) is 53.8 Å². The van der Waals surface area contributed by atoms with Gasteiger partial charge in [0.1, 0.15) is 6.10 Å². The molecule has 2 fully saturated rings. The summed E-state index contributed by atoms with van der Waals surface area (Å²) in [5.74, 6) is 0.578. The van der Waals surface area contributed by atoms with Crippen LogP contribution in [0.5, 0.6) is 0 Å². The van der Waals surface area contributed by atoms with Crippen LogP contribution in [0.1, 0.15) is 32.3 Å². The molecule has 9 heteroatoms. The van der Waals surface area contributed by atoms with Gasteiger partial charge in [-0.3, -0.25) is 9.59 Å². The van der Waals surface area contributed by atoms with Gasteiger partial charge in [-0.2, -0.15) is 0 Å². The molecule has 0 spiro atoms. The Morgan fingerprint density at radius 2 is 2.13 bits per heavy atom. The monoisotopic (exact) mass is 544 g/mol. The van der Waals surface area contributed by atoms with Gasteiger partial charge in [0, 0.05) is 31.9 Å². The van der Waals surface area contributed by atoms with E-state index in [4.69, 9.17) is 14.5 Å². The van der Waals surface area contributed by atoms with Crippen LogP contribution in [-0.4, -0.2) is 62.2 Å². The molecule has 2 heterocycles. The maximum atomic E-state index is 12.3. The first kappa shape index (κ1) is 25.4. The van der Waals surface area contributed by atoms with Gasteiger partial charge in [-0.15, -0.1) is 24.0 Å². The van der Waals surface area contributed by atoms with Crippen molar-refractivity contribution in [1.82, 2.24) is 10.2 Å². The lowest BCUT2D eigenvalue weighted by molar-refractivity contribution is -0.146. The molecule has 0 bridgehead atoms. The Bertz CT molecular complexity index is 783. The minimum Gasteiger partial charge on any atom is -0.469 e. The van der Waals surface area contributed by atoms with Crippen LogP contribution >= 0.6 is 24.0 Å². The molecule has 2 saturated heterocycles. The summed E-state index contributed by atoms with van der Waals surface area (Å²) in [5, 5.41) is 6.25. The predicted octanol–water partition coefficient (Wildman–Crippen LogP) is 2.63. The van der Waals surface area contributed by atoms with Crippen LogP contribution in [0.25, 0.3) is 0 Å². The van der Waals surface area contributed by atoms with E-state index >= 15 is 0 Å². The zero-order chi connectivity index (χ0) is 21.5. The smallest absolute Gasteiger partial charge is 0.310 e. The third-order valence-electron chi connectivity index (χ3n) is 5.58. The largest absolute Gasteiger partial charge is 0.469 e. The summed E-state index contributed by atoms with van der Waals surface area (Å²) < 4.78 is 10.4. The molecule has 8 nitrogen and oxygen atoms in total. The number of hydrogen-bond donors (Lipinski definition) is 2. The van der Waals surface area contributed by atoms with Gasteiger partial charge in [-0.05, 0) is 43.4 Å². The van der Waals surface area contributed by atoms with Crippen LogP contribution in [0.3, 0.4) is 0 Å². The standard InChI is InChI=1S/C22H32N4O4.HI/c1-4-23-22(26-13-15(2)18(14-26)21(28)29-3)24-12-16-7-5-8-17(11-16)25-20(27)19-9-6-10-30-19;/h5,7-8,11,15,18-19H,4,6,9-10,12-14H2,1-3H3,(H,23,24)(H,25,27);1H. The summed E-state index contributed by atoms with van der Waals surface area (Å²) in [6.45, 7) is 7.29. The number of amides is 1. The first-order valence-corrected chi connectivity index (χ1v) is 10.6. The van der Waals surface area contributed by atoms with E-state index in [0.29, 0.717) is 19.7 Å². The van der Waals surface area contributed by atoms with Crippen molar-refractivity contribution >= 4 is 47.5 Å². The predicted molar refractivity (Wildman–Crippen MR) is 131 cm³/mol. The maximum absolute atomic E-state index is 12.3. The number of guanidine groups is 1. The highest BCUT2D eigenvalue weighted by atomic mass is 127. The number of likely N-dealkylation sites (tertiary alicyclic amines) is 1. The molecule has 1 amide bonds. The molecule has 1 aromatic rings. The summed E-state index contributed by atoms with van der Waals surface area (Å²) in [7, 11) is 1.43. The van der Waals surface area contributed by atoms with Crippen molar-refractivity contribution in [3.05, 3.63) is 29.8 Å². The molecule has 3 rings (SSSR count). The number of aliphatic imine (C=N–C) groups is 1. The minimum absolute atomic E-state index is 0. The van der Waals surface area contributed by atoms with Gasteiger partial charge < -0.3 is 25.0 Å². The molecule has 0 aromatic heterocycles. The Morgan fingerprint density at radius 3 is 2.81 bits per heavy atom. The van der Waals surface area contributed by atoms with Crippen LogP contribution in [0.2, 0.25) is 0 Å². The van der Waals surface area contributed by atoms with E-state index in [0.717, 1.165) is 43.1 Å². The molecule has 31 heavy (non-hydrogen) atoms. The minimum atomic E-state index is -0.355. The number of ether oxygens (including phenoxy) is 2. The lowest BCUT2D eigenvalue weighted by Gasteiger charge is -2.21. The number of esters is 1. The fourth-order valence-corrected chi connectivity index (χ4v) is 3.94. The second-order valence-corrected chi connectivity index (χ2v) is 7.87. The third kappa shape index (κ3) is 6.80. The van der Waals surface area contributed by atoms with Crippen LogP contribution < -0.4 is 10.6 Å². The summed E-state index contributed by atoms with van der Waals surface area (Å²) in [6.07, 6.45) is 1.33. The van der Waals surface area contributed by atoms with Crippen molar-refractivity contribution in [1.29, 1.82) is 0 Å². The van der Waals surface area contributed by atoms with Crippen LogP contribution in [0.15, 0.2) is 29.3 Å². The first-order valence-electron chi connectivity index (χ1n) is 10.6. The van der Waals surface area contributed by atoms with Crippen molar-refractivity contribution in [3.63, 3.8) is 0 Å². The van der Waals surface area contributed by atoms with Gasteiger partial charge in [0.2, 0.25) is 0 Å². The van der Waals surface area contributed by atoms with Gasteiger partial charge in [-0.1, -0.05) is 19.1 Å². The summed E-state index contributed by atoms with van der Waals surface area (Å²) >= 11 is 0. The van der Waals surface area contributed by atoms with E-state index in [9.17, 15) is 9.59 Å². The van der Waals surface area contributed by atoms with E-state index < -0.39 is 0 Å². The van der Waals surface area contributed by atoms with E-state index in [1.54, 1.807) is 0 Å². The SMILES string of the molecule is CCNC(=NCc1cccc(NC(=O)C2CCCO2)c1)N1CC(C)C(C(=O)OC)C1.I. The van der Waals surface area contributed by atoms with Crippen LogP contribution in [0, 0.1) is 11.8 Å². The lowest BCUT2D eigenvalue weighted by atomic mass is 9.99. The van der Waals surface area contributed by atoms with Crippen molar-refractivity contribution in [2.75, 3.05) is 38.7 Å². The molecule has 0 aliphatic carbocycles. The number of anilines is 1. The molecule has 2 aliphatic rings. The zero-order valence-electron chi connectivity index (χ0n) is 18.4. The number of halogens is 1. The molecule has 3 atom stereocenters. The number of nitrogens with zero attached hydrogens (tertiary/aromatic N) is 2. The Balaban J connectivity index is 0.00000341. The van der Waals surface area contributed by atoms with Crippen molar-refractivity contribution < 1.29 is 19.1 Å². The highest BCUT2D eigenvalue weighted by molar-refractivity contribution is 14.0. The van der Waals surface area contributed by atoms with Crippen LogP contribution in [-0.2, 0) is 25.6 Å². The number of hydrogen-bond acceptors (Lipinski definition) is 5. The Kier molecular flexibility index (Phi) is 10.0. The van der Waals surface area contributed by atoms with Crippen LogP contribution in [0.4, 0.5) is 5.69 Å². The summed E-state index contributed by atoms with van der Waals surface area (Å²) in [4.78, 5) is 31.1. The van der Waals surface area contributed by atoms with Gasteiger partial charge >= 0.3 is 5.97 Å². The average Bonchev–Trinajstić information content (AvgIpc) is 3.41. The Morgan fingerprint density at radius 1 is 1.32 bits per heavy atom. The number of methoxy groups -OCH3 is 1. The molecule has 1 aromatic carbocycles. The molecular formula is C22H33IN4O4. The van der Waals surface area contributed by atoms with E-state index in [2.05, 4.69) is 22.5 Å². The molecule has 0 saturated carbocycles. The highest BCUT2D eigenvalue weighted by Gasteiger charge is 2.36. The van der Waals surface area contributed by atoms with Gasteiger partial charge in [0.25, 0.3) is 5.91 Å². The molecule has 0 radical (unpaired) electrons. The fourth-order valence-electron chi connectivity index (χ4n) is 3.94. The fraction of sp³-hybridized carbons (Fsp3) is 0.591.